The van der Waals surface area contributed by atoms with E-state index in [4.69, 9.17) is 11.6 Å². The first-order valence-electron chi connectivity index (χ1n) is 7.91. The highest BCUT2D eigenvalue weighted by molar-refractivity contribution is 6.33. The molecule has 0 fully saturated rings. The van der Waals surface area contributed by atoms with Crippen LogP contribution >= 0.6 is 11.6 Å². The second-order valence-corrected chi connectivity index (χ2v) is 6.01. The van der Waals surface area contributed by atoms with E-state index in [-0.39, 0.29) is 17.4 Å². The number of carbonyl (C=O) groups excluding carboxylic acids is 1. The Labute approximate surface area is 155 Å². The summed E-state index contributed by atoms with van der Waals surface area (Å²) in [5.74, 6) is 0.295. The smallest absolute Gasteiger partial charge is 0.274 e. The predicted octanol–water partition coefficient (Wildman–Crippen LogP) is 4.44. The first-order valence-corrected chi connectivity index (χ1v) is 8.29. The van der Waals surface area contributed by atoms with Gasteiger partial charge in [0.05, 0.1) is 10.7 Å². The van der Waals surface area contributed by atoms with Gasteiger partial charge < -0.3 is 10.6 Å². The summed E-state index contributed by atoms with van der Waals surface area (Å²) in [4.78, 5) is 20.9. The lowest BCUT2D eigenvalue weighted by Crippen LogP contribution is -2.16. The van der Waals surface area contributed by atoms with Gasteiger partial charge in [0.15, 0.2) is 0 Å². The van der Waals surface area contributed by atoms with E-state index in [0.29, 0.717) is 28.9 Å². The van der Waals surface area contributed by atoms with Crippen LogP contribution < -0.4 is 10.6 Å². The van der Waals surface area contributed by atoms with Gasteiger partial charge in [0.2, 0.25) is 0 Å². The van der Waals surface area contributed by atoms with Gasteiger partial charge in [-0.1, -0.05) is 35.9 Å². The average molecular weight is 371 g/mol. The Kier molecular flexibility index (Phi) is 5.43. The van der Waals surface area contributed by atoms with Crippen molar-refractivity contribution >= 4 is 29.0 Å². The van der Waals surface area contributed by atoms with E-state index in [2.05, 4.69) is 20.6 Å². The van der Waals surface area contributed by atoms with Crippen LogP contribution in [-0.2, 0) is 6.54 Å². The van der Waals surface area contributed by atoms with Crippen molar-refractivity contribution in [3.05, 3.63) is 82.5 Å². The Balaban J connectivity index is 1.73. The third-order valence-electron chi connectivity index (χ3n) is 3.58. The highest BCUT2D eigenvalue weighted by Gasteiger charge is 2.12. The van der Waals surface area contributed by atoms with Gasteiger partial charge in [-0.05, 0) is 36.8 Å². The van der Waals surface area contributed by atoms with Gasteiger partial charge in [0.1, 0.15) is 23.2 Å². The molecule has 0 radical (unpaired) electrons. The predicted molar refractivity (Wildman–Crippen MR) is 99.9 cm³/mol. The highest BCUT2D eigenvalue weighted by atomic mass is 35.5. The number of hydrogen-bond acceptors (Lipinski definition) is 4. The van der Waals surface area contributed by atoms with Crippen molar-refractivity contribution in [2.45, 2.75) is 13.5 Å². The molecule has 0 atom stereocenters. The summed E-state index contributed by atoms with van der Waals surface area (Å²) < 4.78 is 13.0. The second-order valence-electron chi connectivity index (χ2n) is 5.60. The van der Waals surface area contributed by atoms with Crippen molar-refractivity contribution in [1.82, 2.24) is 9.97 Å². The second kappa shape index (κ2) is 7.93. The quantitative estimate of drug-likeness (QED) is 0.696. The molecule has 2 N–H and O–H groups in total. The van der Waals surface area contributed by atoms with Gasteiger partial charge >= 0.3 is 0 Å². The van der Waals surface area contributed by atoms with Crippen LogP contribution in [0.3, 0.4) is 0 Å². The largest absolute Gasteiger partial charge is 0.366 e. The lowest BCUT2D eigenvalue weighted by molar-refractivity contribution is 0.102. The van der Waals surface area contributed by atoms with Crippen molar-refractivity contribution in [2.24, 2.45) is 0 Å². The fourth-order valence-electron chi connectivity index (χ4n) is 2.32. The number of hydrogen-bond donors (Lipinski definition) is 2. The molecule has 0 aliphatic heterocycles. The molecule has 0 unspecified atom stereocenters. The molecule has 3 rings (SSSR count). The Morgan fingerprint density at radius 2 is 1.85 bits per heavy atom. The number of carbonyl (C=O) groups is 1. The molecule has 5 nitrogen and oxygen atoms in total. The summed E-state index contributed by atoms with van der Waals surface area (Å²) in [5, 5.41) is 6.29. The van der Waals surface area contributed by atoms with Crippen LogP contribution in [0, 0.1) is 12.7 Å². The molecule has 0 saturated heterocycles. The van der Waals surface area contributed by atoms with E-state index in [0.717, 1.165) is 5.56 Å². The van der Waals surface area contributed by atoms with Crippen LogP contribution in [0.1, 0.15) is 21.9 Å². The molecule has 0 aliphatic carbocycles. The van der Waals surface area contributed by atoms with E-state index in [1.807, 2.05) is 0 Å². The third-order valence-corrected chi connectivity index (χ3v) is 3.91. The van der Waals surface area contributed by atoms with Crippen LogP contribution in [-0.4, -0.2) is 15.9 Å². The Hall–Kier alpha value is -2.99. The molecule has 3 aromatic rings. The van der Waals surface area contributed by atoms with Crippen LogP contribution in [0.25, 0.3) is 0 Å². The monoisotopic (exact) mass is 370 g/mol. The van der Waals surface area contributed by atoms with Crippen molar-refractivity contribution in [3.8, 4) is 0 Å². The first kappa shape index (κ1) is 17.8. The molecule has 0 spiro atoms. The van der Waals surface area contributed by atoms with E-state index >= 15 is 0 Å². The summed E-state index contributed by atoms with van der Waals surface area (Å²) in [6, 6.07) is 14.7. The number of rotatable bonds is 5. The summed E-state index contributed by atoms with van der Waals surface area (Å²) in [5.41, 5.74) is 1.63. The fourth-order valence-corrected chi connectivity index (χ4v) is 2.50. The number of para-hydroxylation sites is 1. The summed E-state index contributed by atoms with van der Waals surface area (Å²) in [6.45, 7) is 2.15. The number of aryl methyl sites for hydroxylation is 1. The highest BCUT2D eigenvalue weighted by Crippen LogP contribution is 2.21. The van der Waals surface area contributed by atoms with Crippen LogP contribution in [0.15, 0.2) is 54.6 Å². The van der Waals surface area contributed by atoms with Crippen molar-refractivity contribution in [2.75, 3.05) is 10.6 Å². The molecule has 2 aromatic carbocycles. The molecule has 1 amide bonds. The van der Waals surface area contributed by atoms with Gasteiger partial charge in [0, 0.05) is 12.6 Å². The number of aromatic nitrogens is 2. The first-order chi connectivity index (χ1) is 12.5. The summed E-state index contributed by atoms with van der Waals surface area (Å²) in [7, 11) is 0. The van der Waals surface area contributed by atoms with E-state index in [1.54, 1.807) is 49.4 Å². The minimum absolute atomic E-state index is 0.221. The number of nitrogens with zero attached hydrogens (tertiary/aromatic N) is 2. The van der Waals surface area contributed by atoms with Crippen LogP contribution in [0.5, 0.6) is 0 Å². The van der Waals surface area contributed by atoms with Gasteiger partial charge in [-0.15, -0.1) is 0 Å². The molecule has 0 aliphatic rings. The van der Waals surface area contributed by atoms with Gasteiger partial charge in [-0.2, -0.15) is 0 Å². The zero-order valence-electron chi connectivity index (χ0n) is 14.0. The topological polar surface area (TPSA) is 66.9 Å². The Bertz CT molecular complexity index is 931. The summed E-state index contributed by atoms with van der Waals surface area (Å²) >= 11 is 6.06. The molecule has 0 saturated carbocycles. The molecular formula is C19H16ClFN4O. The van der Waals surface area contributed by atoms with E-state index in [9.17, 15) is 9.18 Å². The number of halogens is 2. The minimum Gasteiger partial charge on any atom is -0.366 e. The molecule has 1 heterocycles. The van der Waals surface area contributed by atoms with Gasteiger partial charge in [0.25, 0.3) is 5.91 Å². The lowest BCUT2D eigenvalue weighted by Gasteiger charge is -2.10. The van der Waals surface area contributed by atoms with Crippen molar-refractivity contribution < 1.29 is 9.18 Å². The Morgan fingerprint density at radius 3 is 2.58 bits per heavy atom. The zero-order chi connectivity index (χ0) is 18.5. The molecule has 132 valence electrons. The molecule has 1 aromatic heterocycles. The SMILES string of the molecule is Cc1nc(NCc2ccc(F)cc2)cc(C(=O)Nc2ccccc2Cl)n1. The lowest BCUT2D eigenvalue weighted by atomic mass is 10.2. The maximum absolute atomic E-state index is 13.0. The van der Waals surface area contributed by atoms with Crippen molar-refractivity contribution in [1.29, 1.82) is 0 Å². The Morgan fingerprint density at radius 1 is 1.12 bits per heavy atom. The molecular weight excluding hydrogens is 355 g/mol. The molecule has 26 heavy (non-hydrogen) atoms. The van der Waals surface area contributed by atoms with E-state index < -0.39 is 0 Å². The minimum atomic E-state index is -0.381. The normalized spacial score (nSPS) is 10.4. The van der Waals surface area contributed by atoms with Crippen LogP contribution in [0.2, 0.25) is 5.02 Å². The van der Waals surface area contributed by atoms with Crippen molar-refractivity contribution in [3.63, 3.8) is 0 Å². The third kappa shape index (κ3) is 4.55. The standard InChI is InChI=1S/C19H16ClFN4O/c1-12-23-17(19(26)25-16-5-3-2-4-15(16)20)10-18(24-12)22-11-13-6-8-14(21)9-7-13/h2-10H,11H2,1H3,(H,25,26)(H,22,23,24). The van der Waals surface area contributed by atoms with Gasteiger partial charge in [-0.3, -0.25) is 4.79 Å². The molecule has 0 bridgehead atoms. The number of nitrogens with one attached hydrogen (secondary N) is 2. The van der Waals surface area contributed by atoms with Crippen LogP contribution in [0.4, 0.5) is 15.9 Å². The van der Waals surface area contributed by atoms with Gasteiger partial charge in [-0.25, -0.2) is 14.4 Å². The zero-order valence-corrected chi connectivity index (χ0v) is 14.7. The number of anilines is 2. The maximum atomic E-state index is 13.0. The van der Waals surface area contributed by atoms with E-state index in [1.165, 1.54) is 12.1 Å². The number of benzene rings is 2. The average Bonchev–Trinajstić information content (AvgIpc) is 2.63. The fraction of sp³-hybridized carbons (Fsp3) is 0.105. The maximum Gasteiger partial charge on any atom is 0.274 e. The summed E-state index contributed by atoms with van der Waals surface area (Å²) in [6.07, 6.45) is 0. The number of amides is 1. The molecule has 7 heteroatoms.